The Morgan fingerprint density at radius 3 is 2.66 bits per heavy atom. The molecule has 1 unspecified atom stereocenters. The molecule has 4 rings (SSSR count). The molecule has 2 aromatic rings. The molecule has 2 aliphatic rings. The summed E-state index contributed by atoms with van der Waals surface area (Å²) in [4.78, 5) is 33.9. The third kappa shape index (κ3) is 4.97. The fourth-order valence-corrected chi connectivity index (χ4v) is 4.79. The highest BCUT2D eigenvalue weighted by molar-refractivity contribution is 5.85. The summed E-state index contributed by atoms with van der Waals surface area (Å²) >= 11 is 0. The molecule has 0 aliphatic carbocycles. The van der Waals surface area contributed by atoms with E-state index in [1.807, 2.05) is 43.0 Å². The fourth-order valence-electron chi connectivity index (χ4n) is 4.79. The van der Waals surface area contributed by atoms with Crippen LogP contribution in [0.2, 0.25) is 0 Å². The minimum atomic E-state index is -0.0115. The Kier molecular flexibility index (Phi) is 6.82. The number of piperidine rings is 2. The Balaban J connectivity index is 1.31. The third-order valence-electron chi connectivity index (χ3n) is 6.77. The van der Waals surface area contributed by atoms with Gasteiger partial charge >= 0.3 is 0 Å². The quantitative estimate of drug-likeness (QED) is 0.749. The van der Waals surface area contributed by atoms with Gasteiger partial charge in [-0.25, -0.2) is 4.98 Å². The monoisotopic (exact) mass is 438 g/mol. The van der Waals surface area contributed by atoms with Crippen molar-refractivity contribution in [2.45, 2.75) is 39.5 Å². The summed E-state index contributed by atoms with van der Waals surface area (Å²) in [5.74, 6) is 1.75. The molecule has 2 saturated heterocycles. The van der Waals surface area contributed by atoms with E-state index in [9.17, 15) is 14.7 Å². The number of likely N-dealkylation sites (tertiary alicyclic amines) is 1. The van der Waals surface area contributed by atoms with Crippen molar-refractivity contribution in [2.24, 2.45) is 17.8 Å². The molecule has 1 aromatic heterocycles. The van der Waals surface area contributed by atoms with Crippen molar-refractivity contribution in [3.63, 3.8) is 0 Å². The van der Waals surface area contributed by atoms with Gasteiger partial charge in [-0.2, -0.15) is 0 Å². The molecule has 7 nitrogen and oxygen atoms in total. The van der Waals surface area contributed by atoms with Crippen molar-refractivity contribution in [1.29, 1.82) is 0 Å². The van der Waals surface area contributed by atoms with Crippen LogP contribution in [0.1, 0.15) is 39.5 Å². The number of benzene rings is 1. The van der Waals surface area contributed by atoms with Gasteiger partial charge in [0.15, 0.2) is 0 Å². The molecule has 2 fully saturated rings. The lowest BCUT2D eigenvalue weighted by Crippen LogP contribution is -2.48. The van der Waals surface area contributed by atoms with E-state index >= 15 is 0 Å². The molecule has 1 atom stereocenters. The summed E-state index contributed by atoms with van der Waals surface area (Å²) in [6.45, 7) is 7.57. The van der Waals surface area contributed by atoms with E-state index in [1.165, 1.54) is 0 Å². The molecule has 1 aromatic carbocycles. The topological polar surface area (TPSA) is 85.8 Å². The molecule has 0 bridgehead atoms. The third-order valence-corrected chi connectivity index (χ3v) is 6.77. The minimum absolute atomic E-state index is 0.0115. The normalized spacial score (nSPS) is 20.0. The highest BCUT2D eigenvalue weighted by Crippen LogP contribution is 2.29. The number of carbonyl (C=O) groups is 2. The number of anilines is 1. The summed E-state index contributed by atoms with van der Waals surface area (Å²) in [5.41, 5.74) is 0.618. The van der Waals surface area contributed by atoms with E-state index in [-0.39, 0.29) is 29.4 Å². The first-order valence-electron chi connectivity index (χ1n) is 11.8. The average molecular weight is 439 g/mol. The maximum absolute atomic E-state index is 13.2. The summed E-state index contributed by atoms with van der Waals surface area (Å²) in [7, 11) is 0. The number of amides is 2. The number of nitrogens with zero attached hydrogens (tertiary/aromatic N) is 3. The molecular formula is C25H34N4O3. The predicted molar refractivity (Wildman–Crippen MR) is 125 cm³/mol. The SMILES string of the molecule is CC(C)C(=O)NCC1CCCN(C(=O)C2CCN(c3ccc4cccc(O)c4n3)CC2)C1. The Hall–Kier alpha value is -2.83. The lowest BCUT2D eigenvalue weighted by molar-refractivity contribution is -0.138. The minimum Gasteiger partial charge on any atom is -0.506 e. The van der Waals surface area contributed by atoms with Gasteiger partial charge in [0.05, 0.1) is 0 Å². The van der Waals surface area contributed by atoms with Crippen molar-refractivity contribution >= 4 is 28.5 Å². The van der Waals surface area contributed by atoms with Gasteiger partial charge in [-0.1, -0.05) is 26.0 Å². The summed E-state index contributed by atoms with van der Waals surface area (Å²) < 4.78 is 0. The first-order chi connectivity index (χ1) is 15.4. The number of aromatic nitrogens is 1. The first-order valence-corrected chi connectivity index (χ1v) is 11.8. The van der Waals surface area contributed by atoms with Crippen molar-refractivity contribution in [1.82, 2.24) is 15.2 Å². The van der Waals surface area contributed by atoms with Crippen LogP contribution < -0.4 is 10.2 Å². The van der Waals surface area contributed by atoms with Crippen molar-refractivity contribution < 1.29 is 14.7 Å². The second kappa shape index (κ2) is 9.76. The molecule has 0 spiro atoms. The van der Waals surface area contributed by atoms with E-state index in [4.69, 9.17) is 0 Å². The number of rotatable bonds is 5. The molecule has 32 heavy (non-hydrogen) atoms. The van der Waals surface area contributed by atoms with Crippen molar-refractivity contribution in [3.05, 3.63) is 30.3 Å². The molecule has 7 heteroatoms. The number of hydrogen-bond acceptors (Lipinski definition) is 5. The lowest BCUT2D eigenvalue weighted by Gasteiger charge is -2.38. The molecule has 0 saturated carbocycles. The largest absolute Gasteiger partial charge is 0.506 e. The van der Waals surface area contributed by atoms with Crippen molar-refractivity contribution in [2.75, 3.05) is 37.6 Å². The zero-order valence-corrected chi connectivity index (χ0v) is 19.1. The Morgan fingerprint density at radius 1 is 1.12 bits per heavy atom. The summed E-state index contributed by atoms with van der Waals surface area (Å²) in [6.07, 6.45) is 3.67. The molecule has 2 aliphatic heterocycles. The van der Waals surface area contributed by atoms with Crippen LogP contribution in [0.15, 0.2) is 30.3 Å². The molecule has 0 radical (unpaired) electrons. The lowest BCUT2D eigenvalue weighted by atomic mass is 9.92. The van der Waals surface area contributed by atoms with Gasteiger partial charge in [0, 0.05) is 49.9 Å². The van der Waals surface area contributed by atoms with Gasteiger partial charge in [0.2, 0.25) is 11.8 Å². The van der Waals surface area contributed by atoms with E-state index in [1.54, 1.807) is 6.07 Å². The van der Waals surface area contributed by atoms with Crippen LogP contribution in [-0.2, 0) is 9.59 Å². The Bertz CT molecular complexity index is 969. The summed E-state index contributed by atoms with van der Waals surface area (Å²) in [5, 5.41) is 14.1. The van der Waals surface area contributed by atoms with Crippen LogP contribution in [0.3, 0.4) is 0 Å². The smallest absolute Gasteiger partial charge is 0.225 e. The molecule has 3 heterocycles. The standard InChI is InChI=1S/C25H34N4O3/c1-17(2)24(31)26-15-18-5-4-12-29(16-18)25(32)20-10-13-28(14-11-20)22-9-8-19-6-3-7-21(30)23(19)27-22/h3,6-9,17-18,20,30H,4-5,10-16H2,1-2H3,(H,26,31). The maximum atomic E-state index is 13.2. The zero-order chi connectivity index (χ0) is 22.7. The van der Waals surface area contributed by atoms with Crippen LogP contribution in [-0.4, -0.2) is 59.5 Å². The number of nitrogens with one attached hydrogen (secondary N) is 1. The van der Waals surface area contributed by atoms with Gasteiger partial charge in [-0.05, 0) is 49.8 Å². The highest BCUT2D eigenvalue weighted by atomic mass is 16.3. The van der Waals surface area contributed by atoms with Gasteiger partial charge in [-0.15, -0.1) is 0 Å². The number of carbonyl (C=O) groups excluding carboxylic acids is 2. The van der Waals surface area contributed by atoms with Gasteiger partial charge < -0.3 is 20.2 Å². The average Bonchev–Trinajstić information content (AvgIpc) is 2.82. The van der Waals surface area contributed by atoms with Crippen LogP contribution in [0.4, 0.5) is 5.82 Å². The molecular weight excluding hydrogens is 404 g/mol. The van der Waals surface area contributed by atoms with Crippen LogP contribution >= 0.6 is 0 Å². The summed E-state index contributed by atoms with van der Waals surface area (Å²) in [6, 6.07) is 9.39. The number of pyridine rings is 1. The van der Waals surface area contributed by atoms with Crippen LogP contribution in [0, 0.1) is 17.8 Å². The van der Waals surface area contributed by atoms with Gasteiger partial charge in [-0.3, -0.25) is 9.59 Å². The first kappa shape index (κ1) is 22.4. The number of phenols is 1. The zero-order valence-electron chi connectivity index (χ0n) is 19.1. The Morgan fingerprint density at radius 2 is 1.91 bits per heavy atom. The molecule has 172 valence electrons. The van der Waals surface area contributed by atoms with E-state index in [0.717, 1.165) is 63.1 Å². The molecule has 2 amide bonds. The highest BCUT2D eigenvalue weighted by Gasteiger charge is 2.32. The number of hydrogen-bond donors (Lipinski definition) is 2. The number of aromatic hydroxyl groups is 1. The Labute approximate surface area is 189 Å². The second-order valence-corrected chi connectivity index (χ2v) is 9.47. The van der Waals surface area contributed by atoms with Crippen molar-refractivity contribution in [3.8, 4) is 5.75 Å². The number of fused-ring (bicyclic) bond motifs is 1. The molecule has 2 N–H and O–H groups in total. The fraction of sp³-hybridized carbons (Fsp3) is 0.560. The van der Waals surface area contributed by atoms with Crippen LogP contribution in [0.25, 0.3) is 10.9 Å². The predicted octanol–water partition coefficient (Wildman–Crippen LogP) is 3.17. The van der Waals surface area contributed by atoms with E-state index in [2.05, 4.69) is 15.2 Å². The number of para-hydroxylation sites is 1. The second-order valence-electron chi connectivity index (χ2n) is 9.47. The van der Waals surface area contributed by atoms with Gasteiger partial charge in [0.25, 0.3) is 0 Å². The number of phenolic OH excluding ortho intramolecular Hbond substituents is 1. The van der Waals surface area contributed by atoms with Crippen LogP contribution in [0.5, 0.6) is 5.75 Å². The van der Waals surface area contributed by atoms with E-state index in [0.29, 0.717) is 18.0 Å². The maximum Gasteiger partial charge on any atom is 0.225 e. The van der Waals surface area contributed by atoms with E-state index < -0.39 is 0 Å². The van der Waals surface area contributed by atoms with Gasteiger partial charge in [0.1, 0.15) is 17.1 Å².